The Bertz CT molecular complexity index is 5060. The first kappa shape index (κ1) is 76.7. The monoisotopic (exact) mass is 1460 g/mol. The van der Waals surface area contributed by atoms with Gasteiger partial charge in [-0.3, -0.25) is 0 Å². The van der Waals surface area contributed by atoms with Gasteiger partial charge in [-0.2, -0.15) is 45.3 Å². The quantitative estimate of drug-likeness (QED) is 0.0261. The van der Waals surface area contributed by atoms with E-state index in [-0.39, 0.29) is 22.3 Å². The number of thiophene rings is 4. The van der Waals surface area contributed by atoms with Crippen molar-refractivity contribution in [1.82, 2.24) is 39.9 Å². The highest BCUT2D eigenvalue weighted by Gasteiger charge is 2.21. The van der Waals surface area contributed by atoms with Crippen molar-refractivity contribution in [2.24, 2.45) is 0 Å². The van der Waals surface area contributed by atoms with Crippen LogP contribution in [0.5, 0.6) is 0 Å². The van der Waals surface area contributed by atoms with E-state index in [2.05, 4.69) is 72.1 Å². The Morgan fingerprint density at radius 2 is 0.625 bits per heavy atom. The average Bonchev–Trinajstić information content (AvgIpc) is 1.11. The molecule has 24 heteroatoms. The van der Waals surface area contributed by atoms with E-state index < -0.39 is 23.9 Å². The lowest BCUT2D eigenvalue weighted by atomic mass is 10.1. The maximum Gasteiger partial charge on any atom is 0.335 e. The molecule has 0 aliphatic carbocycles. The second kappa shape index (κ2) is 35.9. The molecule has 0 radical (unpaired) electrons. The van der Waals surface area contributed by atoms with E-state index in [1.165, 1.54) is 0 Å². The van der Waals surface area contributed by atoms with Gasteiger partial charge in [0.15, 0.2) is 23.3 Å². The molecule has 20 nitrogen and oxygen atoms in total. The van der Waals surface area contributed by atoms with Crippen molar-refractivity contribution in [3.05, 3.63) is 255 Å². The maximum atomic E-state index is 11.2. The van der Waals surface area contributed by atoms with E-state index in [4.69, 9.17) is 50.3 Å². The van der Waals surface area contributed by atoms with Gasteiger partial charge in [-0.15, -0.1) is 13.2 Å². The molecular formula is C80H80N12O8S4. The summed E-state index contributed by atoms with van der Waals surface area (Å²) in [5.74, 6) is 2.01. The number of rotatable bonds is 24. The summed E-state index contributed by atoms with van der Waals surface area (Å²) in [6, 6.07) is 28.1. The molecule has 8 heterocycles. The molecule has 0 amide bonds. The Labute approximate surface area is 620 Å². The molecule has 4 aromatic carbocycles. The Hall–Kier alpha value is -11.4. The van der Waals surface area contributed by atoms with Gasteiger partial charge in [0.25, 0.3) is 0 Å². The first-order chi connectivity index (χ1) is 50.0. The molecule has 12 aromatic rings. The molecule has 0 fully saturated rings. The Balaban J connectivity index is 0.000000161. The van der Waals surface area contributed by atoms with E-state index in [0.29, 0.717) is 42.0 Å². The van der Waals surface area contributed by atoms with Crippen LogP contribution in [-0.4, -0.2) is 84.2 Å². The third kappa shape index (κ3) is 19.2. The summed E-state index contributed by atoms with van der Waals surface area (Å²) in [6.07, 6.45) is 8.20. The topological polar surface area (TPSA) is 300 Å². The number of nitrogens with zero attached hydrogens (tertiary/aromatic N) is 8. The number of allylic oxidation sites excluding steroid dienone is 2. The summed E-state index contributed by atoms with van der Waals surface area (Å²) in [4.78, 5) is 82.2. The summed E-state index contributed by atoms with van der Waals surface area (Å²) in [5, 5.41) is 66.1. The highest BCUT2D eigenvalue weighted by Crippen LogP contribution is 2.34. The van der Waals surface area contributed by atoms with Crippen LogP contribution in [0.25, 0.3) is 45.6 Å². The number of carboxylic acid groups (broad SMARTS) is 4. The van der Waals surface area contributed by atoms with Crippen molar-refractivity contribution in [3.8, 4) is 45.6 Å². The smallest absolute Gasteiger partial charge is 0.335 e. The predicted molar refractivity (Wildman–Crippen MR) is 422 cm³/mol. The zero-order valence-corrected chi connectivity index (χ0v) is 62.6. The maximum absolute atomic E-state index is 11.2. The van der Waals surface area contributed by atoms with E-state index in [0.717, 1.165) is 155 Å². The second-order valence-corrected chi connectivity index (χ2v) is 27.0. The molecule has 8 aromatic heterocycles. The van der Waals surface area contributed by atoms with Gasteiger partial charge >= 0.3 is 23.9 Å². The van der Waals surface area contributed by atoms with Gasteiger partial charge in [0, 0.05) is 112 Å². The third-order valence-electron chi connectivity index (χ3n) is 16.7. The number of hydrogen-bond acceptors (Lipinski definition) is 20. The van der Waals surface area contributed by atoms with Crippen LogP contribution in [-0.2, 0) is 38.5 Å². The van der Waals surface area contributed by atoms with E-state index in [1.54, 1.807) is 118 Å². The minimum atomic E-state index is -0.940. The lowest BCUT2D eigenvalue weighted by Gasteiger charge is -2.16. The van der Waals surface area contributed by atoms with Crippen LogP contribution in [0.2, 0.25) is 0 Å². The first-order valence-corrected chi connectivity index (χ1v) is 37.1. The molecule has 12 rings (SSSR count). The molecule has 0 saturated heterocycles. The van der Waals surface area contributed by atoms with E-state index in [1.807, 2.05) is 121 Å². The molecule has 0 aliphatic heterocycles. The van der Waals surface area contributed by atoms with Gasteiger partial charge < -0.3 is 41.7 Å². The molecule has 104 heavy (non-hydrogen) atoms. The van der Waals surface area contributed by atoms with Crippen LogP contribution in [0.1, 0.15) is 136 Å². The summed E-state index contributed by atoms with van der Waals surface area (Å²) in [5.41, 5.74) is 19.7. The van der Waals surface area contributed by atoms with Crippen LogP contribution in [0.3, 0.4) is 0 Å². The van der Waals surface area contributed by atoms with Crippen LogP contribution in [0.15, 0.2) is 165 Å². The third-order valence-corrected chi connectivity index (χ3v) is 19.4. The van der Waals surface area contributed by atoms with Gasteiger partial charge in [-0.1, -0.05) is 39.8 Å². The number of nitrogens with one attached hydrogen (secondary N) is 4. The van der Waals surface area contributed by atoms with Crippen LogP contribution < -0.4 is 21.3 Å². The average molecular weight is 1470 g/mol. The van der Waals surface area contributed by atoms with Gasteiger partial charge in [-0.25, -0.2) is 59.0 Å². The molecule has 0 bridgehead atoms. The van der Waals surface area contributed by atoms with E-state index >= 15 is 0 Å². The Morgan fingerprint density at radius 1 is 0.356 bits per heavy atom. The SMILES string of the molecule is C=CCc1c(C)nc(-c2ccsc2)nc1Nc1ccc(C(=O)O)cc1C.C=CCc1c(CC)nc(-c2ccsc2)nc1Nc1ccc(C(=O)O)cc1C.CCc1c(C)nc(-c2ccsc2)nc1Nc1ccc(C(=O)O)cc1C.CCc1nc(-c2ccsc2)nc(Nc2ccc(C(=O)O)cc2C)c1CC. The minimum Gasteiger partial charge on any atom is -0.478 e. The highest BCUT2D eigenvalue weighted by atomic mass is 32.1. The lowest BCUT2D eigenvalue weighted by molar-refractivity contribution is 0.0686. The van der Waals surface area contributed by atoms with Crippen LogP contribution in [0, 0.1) is 41.5 Å². The predicted octanol–water partition coefficient (Wildman–Crippen LogP) is 20.1. The number of hydrogen-bond donors (Lipinski definition) is 8. The van der Waals surface area contributed by atoms with Gasteiger partial charge in [0.1, 0.15) is 23.3 Å². The van der Waals surface area contributed by atoms with Crippen LogP contribution in [0.4, 0.5) is 46.0 Å². The second-order valence-electron chi connectivity index (χ2n) is 23.8. The highest BCUT2D eigenvalue weighted by molar-refractivity contribution is 7.09. The molecular weight excluding hydrogens is 1390 g/mol. The van der Waals surface area contributed by atoms with Gasteiger partial charge in [0.2, 0.25) is 0 Å². The Morgan fingerprint density at radius 3 is 0.894 bits per heavy atom. The summed E-state index contributed by atoms with van der Waals surface area (Å²) >= 11 is 6.44. The molecule has 0 unspecified atom stereocenters. The van der Waals surface area contributed by atoms with Crippen molar-refractivity contribution >= 4 is 115 Å². The number of aryl methyl sites for hydroxylation is 8. The fourth-order valence-corrected chi connectivity index (χ4v) is 13.7. The molecule has 532 valence electrons. The lowest BCUT2D eigenvalue weighted by Crippen LogP contribution is -2.08. The number of aromatic nitrogens is 8. The van der Waals surface area contributed by atoms with Gasteiger partial charge in [-0.05, 0) is 221 Å². The number of benzene rings is 4. The van der Waals surface area contributed by atoms with Crippen molar-refractivity contribution < 1.29 is 39.6 Å². The molecule has 0 spiro atoms. The van der Waals surface area contributed by atoms with Crippen molar-refractivity contribution in [1.29, 1.82) is 0 Å². The summed E-state index contributed by atoms with van der Waals surface area (Å²) in [7, 11) is 0. The number of anilines is 8. The standard InChI is InChI=1S/C21H21N3O2S.C20H19N3O2S.C20H21N3O2S.C19H19N3O2S/c1-4-6-16-17(5-2)22-19(15-9-10-27-12-15)24-20(16)23-18-8-7-14(21(25)26)11-13(18)3;1-4-5-16-13(3)21-18(15-8-9-26-11-15)23-19(16)22-17-7-6-14(20(24)25)10-12(17)2;1-4-15-16(5-2)21-18(14-8-9-26-11-14)23-19(15)22-17-7-6-13(20(24)25)10-12(17)3;1-4-15-12(3)20-17(14-7-8-25-10-14)22-18(15)21-16-6-5-13(19(23)24)9-11(16)2/h4,7-12H,1,5-6H2,2-3H3,(H,25,26)(H,22,23,24);4,6-11H,1,5H2,2-3H3,(H,24,25)(H,21,22,23);6-11H,4-5H2,1-3H3,(H,24,25)(H,21,22,23);5-10H,4H2,1-3H3,(H,23,24)(H,20,21,22). The summed E-state index contributed by atoms with van der Waals surface area (Å²) < 4.78 is 0. The normalized spacial score (nSPS) is 10.6. The molecule has 0 aliphatic rings. The van der Waals surface area contributed by atoms with Crippen molar-refractivity contribution in [2.75, 3.05) is 21.3 Å². The largest absolute Gasteiger partial charge is 0.478 e. The zero-order valence-electron chi connectivity index (χ0n) is 59.3. The fourth-order valence-electron chi connectivity index (χ4n) is 11.1. The summed E-state index contributed by atoms with van der Waals surface area (Å²) in [6.45, 7) is 27.5. The Kier molecular flexibility index (Phi) is 26.5. The minimum absolute atomic E-state index is 0.261. The number of carboxylic acids is 4. The number of aromatic carboxylic acids is 4. The fraction of sp³-hybridized carbons (Fsp3) is 0.200. The number of carbonyl (C=O) groups is 4. The van der Waals surface area contributed by atoms with Crippen molar-refractivity contribution in [2.45, 2.75) is 108 Å². The molecule has 8 N–H and O–H groups in total. The van der Waals surface area contributed by atoms with Crippen molar-refractivity contribution in [3.63, 3.8) is 0 Å². The molecule has 0 saturated carbocycles. The molecule has 0 atom stereocenters. The van der Waals surface area contributed by atoms with Crippen LogP contribution >= 0.6 is 45.3 Å². The van der Waals surface area contributed by atoms with Gasteiger partial charge in [0.05, 0.1) is 22.3 Å². The first-order valence-electron chi connectivity index (χ1n) is 33.4. The zero-order chi connectivity index (χ0) is 74.7. The van der Waals surface area contributed by atoms with E-state index in [9.17, 15) is 19.2 Å².